The van der Waals surface area contributed by atoms with E-state index >= 15 is 0 Å². The summed E-state index contributed by atoms with van der Waals surface area (Å²) in [5.74, 6) is 0.435. The summed E-state index contributed by atoms with van der Waals surface area (Å²) in [5.41, 5.74) is 1.33. The van der Waals surface area contributed by atoms with Crippen LogP contribution < -0.4 is 4.90 Å². The minimum atomic E-state index is -0.619. The Morgan fingerprint density at radius 3 is 2.81 bits per heavy atom. The minimum absolute atomic E-state index is 0.212. The first-order chi connectivity index (χ1) is 10.1. The van der Waals surface area contributed by atoms with Gasteiger partial charge in [-0.2, -0.15) is 0 Å². The Bertz CT molecular complexity index is 506. The molecule has 2 saturated heterocycles. The van der Waals surface area contributed by atoms with Gasteiger partial charge in [0.2, 0.25) is 0 Å². The SMILES string of the molecule is CC(O)c1ccc(N2CCC3C(CCCN3C)C2)c(F)c1. The van der Waals surface area contributed by atoms with Crippen LogP contribution in [0.1, 0.15) is 37.9 Å². The molecular formula is C17H25FN2O. The summed E-state index contributed by atoms with van der Waals surface area (Å²) in [7, 11) is 2.21. The third kappa shape index (κ3) is 2.92. The molecule has 3 rings (SSSR count). The van der Waals surface area contributed by atoms with Crippen LogP contribution in [0.3, 0.4) is 0 Å². The maximum atomic E-state index is 14.3. The summed E-state index contributed by atoms with van der Waals surface area (Å²) in [4.78, 5) is 4.65. The Balaban J connectivity index is 1.76. The lowest BCUT2D eigenvalue weighted by atomic mass is 9.84. The van der Waals surface area contributed by atoms with Gasteiger partial charge in [0.15, 0.2) is 0 Å². The van der Waals surface area contributed by atoms with Crippen LogP contribution in [-0.4, -0.2) is 42.7 Å². The van der Waals surface area contributed by atoms with E-state index in [9.17, 15) is 9.50 Å². The molecule has 2 fully saturated rings. The highest BCUT2D eigenvalue weighted by molar-refractivity contribution is 5.50. The molecule has 0 saturated carbocycles. The van der Waals surface area contributed by atoms with Crippen molar-refractivity contribution in [3.8, 4) is 0 Å². The second-order valence-electron chi connectivity index (χ2n) is 6.57. The van der Waals surface area contributed by atoms with Crippen molar-refractivity contribution in [1.82, 2.24) is 4.90 Å². The molecule has 0 bridgehead atoms. The molecular weight excluding hydrogens is 267 g/mol. The summed E-state index contributed by atoms with van der Waals surface area (Å²) in [6.07, 6.45) is 2.98. The van der Waals surface area contributed by atoms with E-state index in [1.807, 2.05) is 12.1 Å². The number of aliphatic hydroxyl groups is 1. The van der Waals surface area contributed by atoms with Gasteiger partial charge >= 0.3 is 0 Å². The maximum Gasteiger partial charge on any atom is 0.146 e. The number of piperidine rings is 2. The molecule has 3 unspecified atom stereocenters. The van der Waals surface area contributed by atoms with Crippen molar-refractivity contribution in [1.29, 1.82) is 0 Å². The Morgan fingerprint density at radius 1 is 1.29 bits per heavy atom. The van der Waals surface area contributed by atoms with Crippen molar-refractivity contribution >= 4 is 5.69 Å². The number of hydrogen-bond donors (Lipinski definition) is 1. The lowest BCUT2D eigenvalue weighted by molar-refractivity contribution is 0.102. The summed E-state index contributed by atoms with van der Waals surface area (Å²) < 4.78 is 14.3. The average Bonchev–Trinajstić information content (AvgIpc) is 2.47. The van der Waals surface area contributed by atoms with Crippen LogP contribution >= 0.6 is 0 Å². The molecule has 4 heteroatoms. The Morgan fingerprint density at radius 2 is 2.10 bits per heavy atom. The van der Waals surface area contributed by atoms with E-state index in [2.05, 4.69) is 16.8 Å². The molecule has 1 aromatic rings. The standard InChI is InChI=1S/C17H25FN2O/c1-12(21)13-5-6-17(15(18)10-13)20-9-7-16-14(11-20)4-3-8-19(16)2/h5-6,10,12,14,16,21H,3-4,7-9,11H2,1-2H3. The lowest BCUT2D eigenvalue weighted by Gasteiger charge is -2.46. The maximum absolute atomic E-state index is 14.3. The van der Waals surface area contributed by atoms with Crippen LogP contribution in [0.25, 0.3) is 0 Å². The molecule has 0 aromatic heterocycles. The number of likely N-dealkylation sites (tertiary alicyclic amines) is 1. The molecule has 0 radical (unpaired) electrons. The number of rotatable bonds is 2. The van der Waals surface area contributed by atoms with Gasteiger partial charge in [0.05, 0.1) is 11.8 Å². The minimum Gasteiger partial charge on any atom is -0.389 e. The van der Waals surface area contributed by atoms with Crippen molar-refractivity contribution < 1.29 is 9.50 Å². The summed E-state index contributed by atoms with van der Waals surface area (Å²) in [6, 6.07) is 5.79. The number of anilines is 1. The highest BCUT2D eigenvalue weighted by atomic mass is 19.1. The van der Waals surface area contributed by atoms with Crippen LogP contribution in [0.2, 0.25) is 0 Å². The van der Waals surface area contributed by atoms with E-state index in [4.69, 9.17) is 0 Å². The van der Waals surface area contributed by atoms with E-state index in [0.717, 1.165) is 19.5 Å². The van der Waals surface area contributed by atoms with Gasteiger partial charge in [-0.15, -0.1) is 0 Å². The Labute approximate surface area is 126 Å². The van der Waals surface area contributed by atoms with Gasteiger partial charge in [-0.1, -0.05) is 6.07 Å². The molecule has 21 heavy (non-hydrogen) atoms. The fourth-order valence-electron chi connectivity index (χ4n) is 3.91. The highest BCUT2D eigenvalue weighted by Gasteiger charge is 2.34. The van der Waals surface area contributed by atoms with Gasteiger partial charge in [-0.25, -0.2) is 4.39 Å². The van der Waals surface area contributed by atoms with Gasteiger partial charge in [-0.3, -0.25) is 0 Å². The number of hydrogen-bond acceptors (Lipinski definition) is 3. The molecule has 3 atom stereocenters. The third-order valence-electron chi connectivity index (χ3n) is 5.14. The van der Waals surface area contributed by atoms with Crippen molar-refractivity contribution in [3.05, 3.63) is 29.6 Å². The number of nitrogens with zero attached hydrogens (tertiary/aromatic N) is 2. The van der Waals surface area contributed by atoms with Crippen molar-refractivity contribution in [3.63, 3.8) is 0 Å². The fraction of sp³-hybridized carbons (Fsp3) is 0.647. The molecule has 1 aromatic carbocycles. The van der Waals surface area contributed by atoms with Crippen molar-refractivity contribution in [2.24, 2.45) is 5.92 Å². The second kappa shape index (κ2) is 5.93. The summed E-state index contributed by atoms with van der Waals surface area (Å²) >= 11 is 0. The van der Waals surface area contributed by atoms with Crippen LogP contribution in [0.15, 0.2) is 18.2 Å². The zero-order valence-corrected chi connectivity index (χ0v) is 12.9. The summed E-state index contributed by atoms with van der Waals surface area (Å²) in [5, 5.41) is 9.55. The van der Waals surface area contributed by atoms with E-state index in [0.29, 0.717) is 23.2 Å². The highest BCUT2D eigenvalue weighted by Crippen LogP contribution is 2.33. The normalized spacial score (nSPS) is 28.3. The number of benzene rings is 1. The smallest absolute Gasteiger partial charge is 0.146 e. The molecule has 0 spiro atoms. The number of fused-ring (bicyclic) bond motifs is 1. The predicted molar refractivity (Wildman–Crippen MR) is 83.0 cm³/mol. The Hall–Kier alpha value is -1.13. The van der Waals surface area contributed by atoms with E-state index in [1.54, 1.807) is 6.92 Å². The molecule has 0 aliphatic carbocycles. The number of halogens is 1. The average molecular weight is 292 g/mol. The van der Waals surface area contributed by atoms with Crippen LogP contribution in [-0.2, 0) is 0 Å². The van der Waals surface area contributed by atoms with Crippen LogP contribution in [0.5, 0.6) is 0 Å². The topological polar surface area (TPSA) is 26.7 Å². The van der Waals surface area contributed by atoms with E-state index < -0.39 is 6.10 Å². The third-order valence-corrected chi connectivity index (χ3v) is 5.14. The monoisotopic (exact) mass is 292 g/mol. The fourth-order valence-corrected chi connectivity index (χ4v) is 3.91. The molecule has 3 nitrogen and oxygen atoms in total. The largest absolute Gasteiger partial charge is 0.389 e. The van der Waals surface area contributed by atoms with Gasteiger partial charge in [0.1, 0.15) is 5.82 Å². The van der Waals surface area contributed by atoms with Crippen LogP contribution in [0.4, 0.5) is 10.1 Å². The zero-order chi connectivity index (χ0) is 15.0. The van der Waals surface area contributed by atoms with E-state index in [-0.39, 0.29) is 5.82 Å². The van der Waals surface area contributed by atoms with Gasteiger partial charge in [0.25, 0.3) is 0 Å². The molecule has 116 valence electrons. The van der Waals surface area contributed by atoms with Crippen molar-refractivity contribution in [2.45, 2.75) is 38.3 Å². The van der Waals surface area contributed by atoms with Crippen LogP contribution in [0, 0.1) is 11.7 Å². The first kappa shape index (κ1) is 14.8. The first-order valence-electron chi connectivity index (χ1n) is 7.99. The molecule has 2 heterocycles. The van der Waals surface area contributed by atoms with Gasteiger partial charge < -0.3 is 14.9 Å². The van der Waals surface area contributed by atoms with Crippen molar-refractivity contribution in [2.75, 3.05) is 31.6 Å². The van der Waals surface area contributed by atoms with Gasteiger partial charge in [0, 0.05) is 19.1 Å². The van der Waals surface area contributed by atoms with E-state index in [1.165, 1.54) is 25.5 Å². The second-order valence-corrected chi connectivity index (χ2v) is 6.57. The molecule has 1 N–H and O–H groups in total. The Kier molecular flexibility index (Phi) is 4.18. The first-order valence-corrected chi connectivity index (χ1v) is 7.99. The van der Waals surface area contributed by atoms with Gasteiger partial charge in [-0.05, 0) is 63.4 Å². The summed E-state index contributed by atoms with van der Waals surface area (Å²) in [6.45, 7) is 4.72. The molecule has 0 amide bonds. The predicted octanol–water partition coefficient (Wildman–Crippen LogP) is 2.80. The molecule has 2 aliphatic rings. The molecule has 2 aliphatic heterocycles. The lowest BCUT2D eigenvalue weighted by Crippen LogP contribution is -2.52. The quantitative estimate of drug-likeness (QED) is 0.908. The zero-order valence-electron chi connectivity index (χ0n) is 12.9. The number of aliphatic hydroxyl groups excluding tert-OH is 1.